The Morgan fingerprint density at radius 2 is 0.481 bits per heavy atom. The first-order chi connectivity index (χ1) is 40.0. The first kappa shape index (κ1) is 77.9. The molecule has 0 N–H and O–H groups in total. The lowest BCUT2D eigenvalue weighted by Crippen LogP contribution is -2.30. The van der Waals surface area contributed by atoms with Gasteiger partial charge in [0.2, 0.25) is 0 Å². The highest BCUT2D eigenvalue weighted by molar-refractivity contribution is 5.71. The molecule has 0 aromatic heterocycles. The van der Waals surface area contributed by atoms with E-state index in [0.29, 0.717) is 19.3 Å². The van der Waals surface area contributed by atoms with Crippen LogP contribution >= 0.6 is 0 Å². The molecule has 0 aliphatic carbocycles. The van der Waals surface area contributed by atoms with Gasteiger partial charge in [-0.3, -0.25) is 14.4 Å². The van der Waals surface area contributed by atoms with Crippen LogP contribution in [-0.2, 0) is 28.6 Å². The molecular formula is C75H134O6. The molecule has 0 amide bonds. The van der Waals surface area contributed by atoms with E-state index in [2.05, 4.69) is 93.7 Å². The maximum Gasteiger partial charge on any atom is 0.306 e. The summed E-state index contributed by atoms with van der Waals surface area (Å²) in [5, 5.41) is 0. The van der Waals surface area contributed by atoms with Crippen LogP contribution < -0.4 is 0 Å². The summed E-state index contributed by atoms with van der Waals surface area (Å²) < 4.78 is 16.8. The highest BCUT2D eigenvalue weighted by atomic mass is 16.6. The molecule has 6 heteroatoms. The lowest BCUT2D eigenvalue weighted by Gasteiger charge is -2.18. The number of allylic oxidation sites excluding steroid dienone is 12. The predicted molar refractivity (Wildman–Crippen MR) is 353 cm³/mol. The average molecular weight is 1130 g/mol. The third-order valence-electron chi connectivity index (χ3n) is 15.7. The van der Waals surface area contributed by atoms with Crippen molar-refractivity contribution in [1.29, 1.82) is 0 Å². The molecule has 0 spiro atoms. The summed E-state index contributed by atoms with van der Waals surface area (Å²) in [6.45, 7) is 6.49. The molecule has 0 saturated carbocycles. The number of rotatable bonds is 65. The van der Waals surface area contributed by atoms with Crippen LogP contribution in [0, 0.1) is 0 Å². The number of hydrogen-bond donors (Lipinski definition) is 0. The average Bonchev–Trinajstić information content (AvgIpc) is 3.47. The van der Waals surface area contributed by atoms with E-state index in [-0.39, 0.29) is 37.5 Å². The largest absolute Gasteiger partial charge is 0.462 e. The standard InChI is InChI=1S/C75H134O6/c1-4-7-10-13-16-18-20-22-24-26-28-30-31-32-33-34-35-36-37-38-39-40-41-42-43-45-46-48-50-52-54-56-59-62-65-68-74(77)80-71-72(70-79-73(76)67-64-61-58-15-12-9-6-3)81-75(78)69-66-63-60-57-55-53-51-49-47-44-29-27-25-23-21-19-17-14-11-8-5-2/h8,11,17,19,23,25,29,44,49,51,55,57,72H,4-7,9-10,12-16,18,20-22,24,26-28,30-43,45-48,50,52-54,56,58-71H2,1-3H3/b11-8-,19-17-,25-23-,44-29-,51-49-,57-55-. The molecule has 0 bridgehead atoms. The molecule has 1 unspecified atom stereocenters. The Morgan fingerprint density at radius 1 is 0.259 bits per heavy atom. The van der Waals surface area contributed by atoms with E-state index in [1.54, 1.807) is 0 Å². The monoisotopic (exact) mass is 1130 g/mol. The van der Waals surface area contributed by atoms with Crippen molar-refractivity contribution in [3.63, 3.8) is 0 Å². The van der Waals surface area contributed by atoms with Crippen LogP contribution in [0.2, 0.25) is 0 Å². The topological polar surface area (TPSA) is 78.9 Å². The van der Waals surface area contributed by atoms with Gasteiger partial charge in [-0.1, -0.05) is 351 Å². The smallest absolute Gasteiger partial charge is 0.306 e. The van der Waals surface area contributed by atoms with E-state index in [0.717, 1.165) is 89.9 Å². The molecule has 6 nitrogen and oxygen atoms in total. The summed E-state index contributed by atoms with van der Waals surface area (Å²) in [6.07, 6.45) is 91.3. The van der Waals surface area contributed by atoms with Crippen molar-refractivity contribution < 1.29 is 28.6 Å². The molecule has 0 fully saturated rings. The van der Waals surface area contributed by atoms with Crippen LogP contribution in [-0.4, -0.2) is 37.2 Å². The number of esters is 3. The van der Waals surface area contributed by atoms with Gasteiger partial charge in [0.1, 0.15) is 13.2 Å². The van der Waals surface area contributed by atoms with Crippen LogP contribution in [0.5, 0.6) is 0 Å². The van der Waals surface area contributed by atoms with Crippen molar-refractivity contribution in [3.05, 3.63) is 72.9 Å². The molecule has 1 atom stereocenters. The summed E-state index contributed by atoms with van der Waals surface area (Å²) in [6, 6.07) is 0. The Hall–Kier alpha value is -3.15. The fourth-order valence-electron chi connectivity index (χ4n) is 10.5. The summed E-state index contributed by atoms with van der Waals surface area (Å²) in [5.41, 5.74) is 0. The zero-order valence-electron chi connectivity index (χ0n) is 54.1. The van der Waals surface area contributed by atoms with Crippen molar-refractivity contribution in [2.75, 3.05) is 13.2 Å². The zero-order chi connectivity index (χ0) is 58.5. The van der Waals surface area contributed by atoms with Gasteiger partial charge in [-0.05, 0) is 70.6 Å². The van der Waals surface area contributed by atoms with Crippen molar-refractivity contribution in [3.8, 4) is 0 Å². The third kappa shape index (κ3) is 67.5. The van der Waals surface area contributed by atoms with E-state index >= 15 is 0 Å². The minimum absolute atomic E-state index is 0.0898. The van der Waals surface area contributed by atoms with Crippen molar-refractivity contribution >= 4 is 17.9 Å². The van der Waals surface area contributed by atoms with Crippen LogP contribution in [0.3, 0.4) is 0 Å². The Balaban J connectivity index is 4.00. The molecule has 0 saturated heterocycles. The summed E-state index contributed by atoms with van der Waals surface area (Å²) in [4.78, 5) is 38.1. The van der Waals surface area contributed by atoms with Crippen LogP contribution in [0.25, 0.3) is 0 Å². The van der Waals surface area contributed by atoms with Gasteiger partial charge in [0, 0.05) is 19.3 Å². The first-order valence-corrected chi connectivity index (χ1v) is 35.4. The van der Waals surface area contributed by atoms with E-state index in [4.69, 9.17) is 14.2 Å². The quantitative estimate of drug-likeness (QED) is 0.0261. The van der Waals surface area contributed by atoms with Gasteiger partial charge in [-0.15, -0.1) is 0 Å². The van der Waals surface area contributed by atoms with Crippen LogP contribution in [0.4, 0.5) is 0 Å². The minimum Gasteiger partial charge on any atom is -0.462 e. The van der Waals surface area contributed by atoms with Gasteiger partial charge in [-0.2, -0.15) is 0 Å². The molecule has 81 heavy (non-hydrogen) atoms. The Morgan fingerprint density at radius 3 is 0.753 bits per heavy atom. The highest BCUT2D eigenvalue weighted by Crippen LogP contribution is 2.18. The van der Waals surface area contributed by atoms with Gasteiger partial charge in [0.05, 0.1) is 0 Å². The SMILES string of the molecule is CC/C=C\C/C=C\C/C=C\C/C=C\C/C=C\C/C=C\CCCCC(=O)OC(COC(=O)CCCCCCCCC)COC(=O)CCCCCCCCCCCCCCCCCCCCCCCCCCCCCCCCCCCCC. The van der Waals surface area contributed by atoms with Gasteiger partial charge in [-0.25, -0.2) is 0 Å². The van der Waals surface area contributed by atoms with Crippen LogP contribution in [0.15, 0.2) is 72.9 Å². The van der Waals surface area contributed by atoms with Crippen molar-refractivity contribution in [2.24, 2.45) is 0 Å². The summed E-state index contributed by atoms with van der Waals surface area (Å²) in [5.74, 6) is -0.925. The van der Waals surface area contributed by atoms with E-state index in [1.807, 2.05) is 0 Å². The maximum absolute atomic E-state index is 12.8. The number of unbranched alkanes of at least 4 members (excludes halogenated alkanes) is 42. The second-order valence-corrected chi connectivity index (χ2v) is 23.8. The van der Waals surface area contributed by atoms with Gasteiger partial charge >= 0.3 is 17.9 Å². The van der Waals surface area contributed by atoms with Crippen molar-refractivity contribution in [2.45, 2.75) is 374 Å². The number of carbonyl (C=O) groups is 3. The molecular weight excluding hydrogens is 997 g/mol. The Labute approximate surface area is 503 Å². The number of carbonyl (C=O) groups excluding carboxylic acids is 3. The molecule has 0 aliphatic rings. The zero-order valence-corrected chi connectivity index (χ0v) is 54.1. The Bertz CT molecular complexity index is 1490. The van der Waals surface area contributed by atoms with E-state index < -0.39 is 6.10 Å². The number of hydrogen-bond acceptors (Lipinski definition) is 6. The molecule has 470 valence electrons. The van der Waals surface area contributed by atoms with E-state index in [1.165, 1.54) is 231 Å². The first-order valence-electron chi connectivity index (χ1n) is 35.4. The lowest BCUT2D eigenvalue weighted by molar-refractivity contribution is -0.167. The normalized spacial score (nSPS) is 12.5. The van der Waals surface area contributed by atoms with Crippen molar-refractivity contribution in [1.82, 2.24) is 0 Å². The molecule has 0 radical (unpaired) electrons. The molecule has 0 heterocycles. The summed E-state index contributed by atoms with van der Waals surface area (Å²) in [7, 11) is 0. The number of ether oxygens (including phenoxy) is 3. The second-order valence-electron chi connectivity index (χ2n) is 23.8. The molecule has 0 aliphatic heterocycles. The van der Waals surface area contributed by atoms with Gasteiger partial charge in [0.15, 0.2) is 6.10 Å². The van der Waals surface area contributed by atoms with Gasteiger partial charge in [0.25, 0.3) is 0 Å². The molecule has 0 rings (SSSR count). The van der Waals surface area contributed by atoms with Gasteiger partial charge < -0.3 is 14.2 Å². The molecule has 0 aromatic rings. The minimum atomic E-state index is -0.796. The maximum atomic E-state index is 12.8. The van der Waals surface area contributed by atoms with E-state index in [9.17, 15) is 14.4 Å². The third-order valence-corrected chi connectivity index (χ3v) is 15.7. The Kier molecular flexibility index (Phi) is 66.6. The lowest BCUT2D eigenvalue weighted by atomic mass is 10.0. The van der Waals surface area contributed by atoms with Crippen LogP contribution in [0.1, 0.15) is 367 Å². The fourth-order valence-corrected chi connectivity index (χ4v) is 10.5. The summed E-state index contributed by atoms with van der Waals surface area (Å²) >= 11 is 0. The highest BCUT2D eigenvalue weighted by Gasteiger charge is 2.19. The second kappa shape index (κ2) is 69.3. The molecule has 0 aromatic carbocycles. The predicted octanol–water partition coefficient (Wildman–Crippen LogP) is 24.4. The fraction of sp³-hybridized carbons (Fsp3) is 0.800.